The van der Waals surface area contributed by atoms with E-state index in [1.54, 1.807) is 19.2 Å². The number of likely N-dealkylation sites (N-methyl/N-ethyl adjacent to an activating group) is 1. The van der Waals surface area contributed by atoms with Gasteiger partial charge >= 0.3 is 5.97 Å². The summed E-state index contributed by atoms with van der Waals surface area (Å²) in [5.41, 5.74) is 0.917. The quantitative estimate of drug-likeness (QED) is 0.746. The molecule has 1 aliphatic carbocycles. The highest BCUT2D eigenvalue weighted by atomic mass is 16.5. The van der Waals surface area contributed by atoms with Gasteiger partial charge in [0.2, 0.25) is 5.91 Å². The highest BCUT2D eigenvalue weighted by Crippen LogP contribution is 2.37. The molecule has 1 aromatic carbocycles. The van der Waals surface area contributed by atoms with Crippen LogP contribution in [0.1, 0.15) is 62.2 Å². The number of amides is 2. The van der Waals surface area contributed by atoms with Gasteiger partial charge in [0.15, 0.2) is 6.10 Å². The number of ether oxygens (including phenoxy) is 1. The number of nitrogens with zero attached hydrogens (tertiary/aromatic N) is 3. The number of rotatable bonds is 4. The van der Waals surface area contributed by atoms with Gasteiger partial charge < -0.3 is 19.9 Å². The molecule has 1 N–H and O–H groups in total. The topological polar surface area (TPSA) is 103 Å². The molecule has 2 amide bonds. The van der Waals surface area contributed by atoms with Crippen LogP contribution in [0.25, 0.3) is 0 Å². The maximum Gasteiger partial charge on any atom is 0.338 e. The van der Waals surface area contributed by atoms with E-state index in [1.165, 1.54) is 11.8 Å². The summed E-state index contributed by atoms with van der Waals surface area (Å²) in [5.74, 6) is -1.08. The molecule has 2 fully saturated rings. The second-order valence-electron chi connectivity index (χ2n) is 8.72. The van der Waals surface area contributed by atoms with Gasteiger partial charge in [0, 0.05) is 13.6 Å². The molecule has 4 rings (SSSR count). The standard InChI is InChI=1S/C23H28N4O4/c1-15(21(29)26(2)23(14-24)10-4-3-5-11-23)31-22(30)16-8-9-18-17(13-16)25-20(28)19-7-6-12-27(18)19/h8-9,13,15,19H,3-7,10-12H2,1-2H3,(H,25,28)/t15-,19+/m1/s1. The van der Waals surface area contributed by atoms with Crippen LogP contribution >= 0.6 is 0 Å². The molecule has 164 valence electrons. The fourth-order valence-corrected chi connectivity index (χ4v) is 4.98. The van der Waals surface area contributed by atoms with Gasteiger partial charge in [-0.3, -0.25) is 9.59 Å². The summed E-state index contributed by atoms with van der Waals surface area (Å²) < 4.78 is 5.44. The van der Waals surface area contributed by atoms with Crippen LogP contribution in [-0.2, 0) is 14.3 Å². The predicted molar refractivity (Wildman–Crippen MR) is 115 cm³/mol. The summed E-state index contributed by atoms with van der Waals surface area (Å²) in [4.78, 5) is 41.5. The largest absolute Gasteiger partial charge is 0.449 e. The first-order valence-electron chi connectivity index (χ1n) is 11.0. The lowest BCUT2D eigenvalue weighted by molar-refractivity contribution is -0.143. The van der Waals surface area contributed by atoms with Gasteiger partial charge in [0.25, 0.3) is 5.91 Å². The number of anilines is 2. The van der Waals surface area contributed by atoms with Gasteiger partial charge in [0.1, 0.15) is 11.6 Å². The Bertz CT molecular complexity index is 947. The molecule has 8 nitrogen and oxygen atoms in total. The van der Waals surface area contributed by atoms with Crippen LogP contribution in [0.3, 0.4) is 0 Å². The van der Waals surface area contributed by atoms with Crippen molar-refractivity contribution in [2.24, 2.45) is 0 Å². The molecule has 1 saturated carbocycles. The van der Waals surface area contributed by atoms with E-state index in [1.807, 2.05) is 6.07 Å². The Balaban J connectivity index is 1.46. The Labute approximate surface area is 182 Å². The molecule has 0 radical (unpaired) electrons. The molecule has 0 aromatic heterocycles. The van der Waals surface area contributed by atoms with Crippen LogP contribution in [0, 0.1) is 11.3 Å². The molecule has 31 heavy (non-hydrogen) atoms. The summed E-state index contributed by atoms with van der Waals surface area (Å²) in [7, 11) is 1.61. The van der Waals surface area contributed by atoms with E-state index in [4.69, 9.17) is 4.74 Å². The van der Waals surface area contributed by atoms with Gasteiger partial charge in [-0.15, -0.1) is 0 Å². The third kappa shape index (κ3) is 3.73. The van der Waals surface area contributed by atoms with Crippen molar-refractivity contribution in [3.63, 3.8) is 0 Å². The predicted octanol–water partition coefficient (Wildman–Crippen LogP) is 2.84. The highest BCUT2D eigenvalue weighted by molar-refractivity contribution is 6.05. The zero-order chi connectivity index (χ0) is 22.2. The lowest BCUT2D eigenvalue weighted by Crippen LogP contribution is -2.53. The van der Waals surface area contributed by atoms with Crippen molar-refractivity contribution in [3.8, 4) is 6.07 Å². The third-order valence-electron chi connectivity index (χ3n) is 6.85. The van der Waals surface area contributed by atoms with Gasteiger partial charge in [-0.05, 0) is 50.8 Å². The minimum absolute atomic E-state index is 0.0602. The smallest absolute Gasteiger partial charge is 0.338 e. The summed E-state index contributed by atoms with van der Waals surface area (Å²) in [6.07, 6.45) is 4.89. The number of hydrogen-bond donors (Lipinski definition) is 1. The number of carbonyl (C=O) groups excluding carboxylic acids is 3. The Morgan fingerprint density at radius 3 is 2.74 bits per heavy atom. The third-order valence-corrected chi connectivity index (χ3v) is 6.85. The molecule has 0 unspecified atom stereocenters. The van der Waals surface area contributed by atoms with Crippen molar-refractivity contribution in [3.05, 3.63) is 23.8 Å². The molecule has 0 spiro atoms. The molecule has 2 atom stereocenters. The Morgan fingerprint density at radius 2 is 2.03 bits per heavy atom. The van der Waals surface area contributed by atoms with E-state index in [0.717, 1.165) is 44.3 Å². The number of benzene rings is 1. The molecular formula is C23H28N4O4. The summed E-state index contributed by atoms with van der Waals surface area (Å²) >= 11 is 0. The van der Waals surface area contributed by atoms with Crippen LogP contribution < -0.4 is 10.2 Å². The Kier molecular flexibility index (Phi) is 5.61. The zero-order valence-electron chi connectivity index (χ0n) is 18.0. The molecule has 2 heterocycles. The van der Waals surface area contributed by atoms with Crippen molar-refractivity contribution >= 4 is 29.2 Å². The molecule has 2 aliphatic heterocycles. The molecule has 3 aliphatic rings. The van der Waals surface area contributed by atoms with Crippen molar-refractivity contribution in [2.45, 2.75) is 69.6 Å². The average molecular weight is 425 g/mol. The van der Waals surface area contributed by atoms with E-state index in [-0.39, 0.29) is 23.4 Å². The van der Waals surface area contributed by atoms with Crippen LogP contribution in [0.4, 0.5) is 11.4 Å². The number of carbonyl (C=O) groups is 3. The normalized spacial score (nSPS) is 22.4. The second kappa shape index (κ2) is 8.22. The Morgan fingerprint density at radius 1 is 1.29 bits per heavy atom. The second-order valence-corrected chi connectivity index (χ2v) is 8.72. The lowest BCUT2D eigenvalue weighted by Gasteiger charge is -2.39. The number of esters is 1. The van der Waals surface area contributed by atoms with Crippen molar-refractivity contribution < 1.29 is 19.1 Å². The van der Waals surface area contributed by atoms with Crippen LogP contribution in [0.5, 0.6) is 0 Å². The number of hydrogen-bond acceptors (Lipinski definition) is 6. The van der Waals surface area contributed by atoms with Crippen molar-refractivity contribution in [2.75, 3.05) is 23.8 Å². The molecule has 0 bridgehead atoms. The van der Waals surface area contributed by atoms with Crippen LogP contribution in [-0.4, -0.2) is 54.0 Å². The SMILES string of the molecule is C[C@@H](OC(=O)c1ccc2c(c1)NC(=O)[C@@H]1CCCN21)C(=O)N(C)C1(C#N)CCCCC1. The van der Waals surface area contributed by atoms with Crippen LogP contribution in [0.2, 0.25) is 0 Å². The lowest BCUT2D eigenvalue weighted by atomic mass is 9.81. The minimum Gasteiger partial charge on any atom is -0.449 e. The maximum atomic E-state index is 12.9. The first-order valence-corrected chi connectivity index (χ1v) is 11.0. The average Bonchev–Trinajstić information content (AvgIpc) is 3.29. The number of nitrogens with one attached hydrogen (secondary N) is 1. The fraction of sp³-hybridized carbons (Fsp3) is 0.565. The van der Waals surface area contributed by atoms with Crippen molar-refractivity contribution in [1.29, 1.82) is 5.26 Å². The summed E-state index contributed by atoms with van der Waals surface area (Å²) in [5, 5.41) is 12.6. The van der Waals surface area contributed by atoms with Gasteiger partial charge in [-0.2, -0.15) is 5.26 Å². The van der Waals surface area contributed by atoms with E-state index in [9.17, 15) is 19.6 Å². The van der Waals surface area contributed by atoms with E-state index in [0.29, 0.717) is 18.5 Å². The monoisotopic (exact) mass is 424 g/mol. The number of nitriles is 1. The van der Waals surface area contributed by atoms with Crippen LogP contribution in [0.15, 0.2) is 18.2 Å². The highest BCUT2D eigenvalue weighted by Gasteiger charge is 2.41. The molecule has 8 heteroatoms. The van der Waals surface area contributed by atoms with E-state index >= 15 is 0 Å². The molecule has 1 saturated heterocycles. The summed E-state index contributed by atoms with van der Waals surface area (Å²) in [6.45, 7) is 2.34. The van der Waals surface area contributed by atoms with Crippen molar-refractivity contribution in [1.82, 2.24) is 4.90 Å². The van der Waals surface area contributed by atoms with Gasteiger partial charge in [-0.25, -0.2) is 4.79 Å². The number of fused-ring (bicyclic) bond motifs is 3. The summed E-state index contributed by atoms with van der Waals surface area (Å²) in [6, 6.07) is 7.24. The zero-order valence-corrected chi connectivity index (χ0v) is 18.0. The van der Waals surface area contributed by atoms with Gasteiger partial charge in [0.05, 0.1) is 23.0 Å². The molecular weight excluding hydrogens is 396 g/mol. The maximum absolute atomic E-state index is 12.9. The van der Waals surface area contributed by atoms with E-state index in [2.05, 4.69) is 16.3 Å². The van der Waals surface area contributed by atoms with Gasteiger partial charge in [-0.1, -0.05) is 19.3 Å². The minimum atomic E-state index is -1.02. The first kappa shape index (κ1) is 21.2. The van der Waals surface area contributed by atoms with E-state index < -0.39 is 17.6 Å². The Hall–Kier alpha value is -3.08. The first-order chi connectivity index (χ1) is 14.9. The fourth-order valence-electron chi connectivity index (χ4n) is 4.98. The molecule has 1 aromatic rings.